The first-order valence-corrected chi connectivity index (χ1v) is 5.64. The molecule has 0 amide bonds. The fraction of sp³-hybridized carbons (Fsp3) is 0.909. The van der Waals surface area contributed by atoms with Crippen molar-refractivity contribution >= 4 is 18.4 Å². The summed E-state index contributed by atoms with van der Waals surface area (Å²) in [5, 5.41) is 8.46. The highest BCUT2D eigenvalue weighted by molar-refractivity contribution is 5.85. The average Bonchev–Trinajstić information content (AvgIpc) is 2.16. The van der Waals surface area contributed by atoms with Gasteiger partial charge in [0.1, 0.15) is 0 Å². The predicted octanol–water partition coefficient (Wildman–Crippen LogP) is 2.79. The number of halogens is 1. The summed E-state index contributed by atoms with van der Waals surface area (Å²) in [7, 11) is 0. The Bertz CT molecular complexity index is 154. The normalized spacial score (nSPS) is 10.1. The largest absolute Gasteiger partial charge is 0.481 e. The maximum atomic E-state index is 10.3. The number of carbonyl (C=O) groups is 1. The van der Waals surface area contributed by atoms with E-state index in [4.69, 9.17) is 5.11 Å². The molecule has 0 radical (unpaired) electrons. The van der Waals surface area contributed by atoms with Gasteiger partial charge in [0.25, 0.3) is 0 Å². The van der Waals surface area contributed by atoms with Gasteiger partial charge in [0.15, 0.2) is 0 Å². The van der Waals surface area contributed by atoms with Crippen LogP contribution >= 0.6 is 12.4 Å². The Balaban J connectivity index is 0. The van der Waals surface area contributed by atoms with E-state index in [2.05, 4.69) is 18.7 Å². The highest BCUT2D eigenvalue weighted by atomic mass is 35.5. The number of hydrogen-bond donors (Lipinski definition) is 1. The quantitative estimate of drug-likeness (QED) is 0.627. The smallest absolute Gasteiger partial charge is 0.303 e. The Kier molecular flexibility index (Phi) is 13.5. The van der Waals surface area contributed by atoms with Crippen LogP contribution in [0.25, 0.3) is 0 Å². The van der Waals surface area contributed by atoms with E-state index >= 15 is 0 Å². The number of rotatable bonds is 9. The van der Waals surface area contributed by atoms with Crippen molar-refractivity contribution in [3.63, 3.8) is 0 Å². The van der Waals surface area contributed by atoms with E-state index in [1.165, 1.54) is 12.8 Å². The van der Waals surface area contributed by atoms with E-state index in [0.29, 0.717) is 6.42 Å². The molecular formula is C11H24ClNO2. The number of nitrogens with zero attached hydrogens (tertiary/aromatic N) is 1. The third-order valence-electron chi connectivity index (χ3n) is 2.39. The Labute approximate surface area is 99.3 Å². The molecule has 3 nitrogen and oxygen atoms in total. The lowest BCUT2D eigenvalue weighted by atomic mass is 10.2. The molecule has 92 valence electrons. The zero-order chi connectivity index (χ0) is 10.8. The fourth-order valence-corrected chi connectivity index (χ4v) is 1.42. The molecule has 0 heterocycles. The van der Waals surface area contributed by atoms with Crippen LogP contribution in [0.3, 0.4) is 0 Å². The molecule has 0 aliphatic rings. The van der Waals surface area contributed by atoms with Crippen LogP contribution in [-0.4, -0.2) is 35.6 Å². The van der Waals surface area contributed by atoms with Crippen LogP contribution in [-0.2, 0) is 4.79 Å². The minimum absolute atomic E-state index is 0. The summed E-state index contributed by atoms with van der Waals surface area (Å²) in [6, 6.07) is 0. The third-order valence-corrected chi connectivity index (χ3v) is 2.39. The lowest BCUT2D eigenvalue weighted by Crippen LogP contribution is -2.25. The molecule has 0 aromatic heterocycles. The summed E-state index contributed by atoms with van der Waals surface area (Å²) in [6.45, 7) is 7.63. The van der Waals surface area contributed by atoms with Crippen molar-refractivity contribution in [3.05, 3.63) is 0 Å². The Hall–Kier alpha value is -0.280. The summed E-state index contributed by atoms with van der Waals surface area (Å²) in [5.41, 5.74) is 0. The van der Waals surface area contributed by atoms with Crippen LogP contribution in [0, 0.1) is 0 Å². The van der Waals surface area contributed by atoms with E-state index in [1.54, 1.807) is 0 Å². The Morgan fingerprint density at radius 3 is 2.20 bits per heavy atom. The summed E-state index contributed by atoms with van der Waals surface area (Å²) >= 11 is 0. The highest BCUT2D eigenvalue weighted by Gasteiger charge is 2.02. The van der Waals surface area contributed by atoms with Gasteiger partial charge in [-0.2, -0.15) is 0 Å². The van der Waals surface area contributed by atoms with Gasteiger partial charge in [0.2, 0.25) is 0 Å². The zero-order valence-corrected chi connectivity index (χ0v) is 10.7. The first-order chi connectivity index (χ1) is 6.70. The molecule has 15 heavy (non-hydrogen) atoms. The molecule has 0 aliphatic carbocycles. The van der Waals surface area contributed by atoms with Gasteiger partial charge in [0, 0.05) is 6.42 Å². The van der Waals surface area contributed by atoms with Gasteiger partial charge >= 0.3 is 5.97 Å². The molecule has 0 atom stereocenters. The van der Waals surface area contributed by atoms with Gasteiger partial charge in [0.05, 0.1) is 0 Å². The second-order valence-electron chi connectivity index (χ2n) is 3.64. The van der Waals surface area contributed by atoms with Gasteiger partial charge in [-0.3, -0.25) is 4.79 Å². The number of unbranched alkanes of at least 4 members (excludes halogenated alkanes) is 2. The Morgan fingerprint density at radius 1 is 1.13 bits per heavy atom. The molecule has 4 heteroatoms. The van der Waals surface area contributed by atoms with Gasteiger partial charge < -0.3 is 10.0 Å². The topological polar surface area (TPSA) is 40.5 Å². The van der Waals surface area contributed by atoms with E-state index < -0.39 is 5.97 Å². The van der Waals surface area contributed by atoms with Crippen LogP contribution in [0.2, 0.25) is 0 Å². The molecule has 0 saturated carbocycles. The highest BCUT2D eigenvalue weighted by Crippen LogP contribution is 2.00. The maximum absolute atomic E-state index is 10.3. The molecule has 0 aliphatic heterocycles. The molecule has 0 aromatic rings. The Morgan fingerprint density at radius 2 is 1.73 bits per heavy atom. The van der Waals surface area contributed by atoms with Crippen LogP contribution in [0.4, 0.5) is 0 Å². The van der Waals surface area contributed by atoms with Gasteiger partial charge in [-0.1, -0.05) is 20.3 Å². The van der Waals surface area contributed by atoms with Crippen molar-refractivity contribution in [2.24, 2.45) is 0 Å². The molecule has 0 rings (SSSR count). The lowest BCUT2D eigenvalue weighted by molar-refractivity contribution is -0.137. The van der Waals surface area contributed by atoms with Crippen LogP contribution in [0.5, 0.6) is 0 Å². The second-order valence-corrected chi connectivity index (χ2v) is 3.64. The second kappa shape index (κ2) is 11.8. The van der Waals surface area contributed by atoms with Crippen LogP contribution in [0.15, 0.2) is 0 Å². The van der Waals surface area contributed by atoms with E-state index in [-0.39, 0.29) is 12.4 Å². The van der Waals surface area contributed by atoms with E-state index in [9.17, 15) is 4.79 Å². The van der Waals surface area contributed by atoms with Gasteiger partial charge in [-0.25, -0.2) is 0 Å². The number of carboxylic acids is 1. The van der Waals surface area contributed by atoms with Crippen LogP contribution < -0.4 is 0 Å². The van der Waals surface area contributed by atoms with Crippen molar-refractivity contribution < 1.29 is 9.90 Å². The molecule has 0 unspecified atom stereocenters. The zero-order valence-electron chi connectivity index (χ0n) is 9.87. The number of hydrogen-bond acceptors (Lipinski definition) is 2. The molecular weight excluding hydrogens is 214 g/mol. The van der Waals surface area contributed by atoms with Gasteiger partial charge in [-0.05, 0) is 38.9 Å². The predicted molar refractivity (Wildman–Crippen MR) is 65.8 cm³/mol. The number of aliphatic carboxylic acids is 1. The summed E-state index contributed by atoms with van der Waals surface area (Å²) in [4.78, 5) is 12.7. The third kappa shape index (κ3) is 11.6. The van der Waals surface area contributed by atoms with Gasteiger partial charge in [-0.15, -0.1) is 12.4 Å². The SMILES string of the molecule is CCCCN(CC)CCCCC(=O)O.Cl. The fourth-order valence-electron chi connectivity index (χ4n) is 1.42. The molecule has 0 bridgehead atoms. The molecule has 1 N–H and O–H groups in total. The van der Waals surface area contributed by atoms with Crippen molar-refractivity contribution in [1.82, 2.24) is 4.90 Å². The summed E-state index contributed by atoms with van der Waals surface area (Å²) < 4.78 is 0. The summed E-state index contributed by atoms with van der Waals surface area (Å²) in [5.74, 6) is -0.679. The minimum Gasteiger partial charge on any atom is -0.481 e. The van der Waals surface area contributed by atoms with Crippen molar-refractivity contribution in [2.75, 3.05) is 19.6 Å². The molecule has 0 saturated heterocycles. The molecule has 0 aromatic carbocycles. The first kappa shape index (κ1) is 17.1. The molecule has 0 fully saturated rings. The lowest BCUT2D eigenvalue weighted by Gasteiger charge is -2.19. The standard InChI is InChI=1S/C11H23NO2.ClH/c1-3-5-9-12(4-2)10-7-6-8-11(13)14;/h3-10H2,1-2H3,(H,13,14);1H. The number of carboxylic acid groups (broad SMARTS) is 1. The van der Waals surface area contributed by atoms with E-state index in [0.717, 1.165) is 32.5 Å². The first-order valence-electron chi connectivity index (χ1n) is 5.64. The summed E-state index contributed by atoms with van der Waals surface area (Å²) in [6.07, 6.45) is 4.59. The maximum Gasteiger partial charge on any atom is 0.303 e. The van der Waals surface area contributed by atoms with E-state index in [1.807, 2.05) is 0 Å². The average molecular weight is 238 g/mol. The molecule has 0 spiro atoms. The van der Waals surface area contributed by atoms with Crippen molar-refractivity contribution in [3.8, 4) is 0 Å². The van der Waals surface area contributed by atoms with Crippen molar-refractivity contribution in [2.45, 2.75) is 46.0 Å². The minimum atomic E-state index is -0.679. The monoisotopic (exact) mass is 237 g/mol. The van der Waals surface area contributed by atoms with Crippen molar-refractivity contribution in [1.29, 1.82) is 0 Å². The van der Waals surface area contributed by atoms with Crippen LogP contribution in [0.1, 0.15) is 46.0 Å².